The van der Waals surface area contributed by atoms with E-state index in [-0.39, 0.29) is 5.97 Å². The first-order valence-electron chi connectivity index (χ1n) is 6.70. The Morgan fingerprint density at radius 2 is 1.84 bits per heavy atom. The number of carbonyl (C=O) groups excluding carboxylic acids is 2. The molecule has 2 rings (SSSR count). The van der Waals surface area contributed by atoms with E-state index in [9.17, 15) is 9.59 Å². The average Bonchev–Trinajstić information content (AvgIpc) is 2.41. The summed E-state index contributed by atoms with van der Waals surface area (Å²) in [6, 6.07) is 7.90. The Balaban J connectivity index is 1.94. The van der Waals surface area contributed by atoms with Crippen molar-refractivity contribution in [2.75, 3.05) is 24.6 Å². The van der Waals surface area contributed by atoms with Crippen molar-refractivity contribution in [3.63, 3.8) is 0 Å². The molecule has 0 bridgehead atoms. The molecule has 0 atom stereocenters. The molecule has 102 valence electrons. The van der Waals surface area contributed by atoms with Crippen LogP contribution >= 0.6 is 0 Å². The summed E-state index contributed by atoms with van der Waals surface area (Å²) in [6.45, 7) is 3.80. The molecule has 0 aromatic heterocycles. The van der Waals surface area contributed by atoms with Gasteiger partial charge in [-0.2, -0.15) is 0 Å². The van der Waals surface area contributed by atoms with E-state index >= 15 is 0 Å². The maximum absolute atomic E-state index is 11.4. The third-order valence-corrected chi connectivity index (χ3v) is 3.28. The maximum Gasteiger partial charge on any atom is 0.310 e. The summed E-state index contributed by atoms with van der Waals surface area (Å²) in [5.74, 6) is 0.147. The summed E-state index contributed by atoms with van der Waals surface area (Å²) < 4.78 is 4.92. The summed E-state index contributed by atoms with van der Waals surface area (Å²) in [5, 5.41) is 0. The van der Waals surface area contributed by atoms with Crippen molar-refractivity contribution in [2.45, 2.75) is 26.2 Å². The van der Waals surface area contributed by atoms with E-state index in [4.69, 9.17) is 4.74 Å². The zero-order valence-electron chi connectivity index (χ0n) is 11.2. The van der Waals surface area contributed by atoms with Gasteiger partial charge in [-0.25, -0.2) is 0 Å². The van der Waals surface area contributed by atoms with Crippen LogP contribution < -0.4 is 4.90 Å². The lowest BCUT2D eigenvalue weighted by Gasteiger charge is -2.28. The van der Waals surface area contributed by atoms with Crippen molar-refractivity contribution >= 4 is 17.4 Å². The number of esters is 1. The first-order chi connectivity index (χ1) is 9.19. The van der Waals surface area contributed by atoms with Crippen LogP contribution in [-0.2, 0) is 20.7 Å². The number of benzene rings is 1. The monoisotopic (exact) mass is 261 g/mol. The number of anilines is 1. The van der Waals surface area contributed by atoms with E-state index < -0.39 is 0 Å². The molecule has 0 saturated carbocycles. The molecule has 1 fully saturated rings. The predicted molar refractivity (Wildman–Crippen MR) is 73.2 cm³/mol. The third kappa shape index (κ3) is 3.81. The zero-order chi connectivity index (χ0) is 13.7. The van der Waals surface area contributed by atoms with Gasteiger partial charge < -0.3 is 9.64 Å². The molecule has 0 amide bonds. The smallest absolute Gasteiger partial charge is 0.310 e. The van der Waals surface area contributed by atoms with E-state index in [1.807, 2.05) is 24.3 Å². The summed E-state index contributed by atoms with van der Waals surface area (Å²) in [4.78, 5) is 24.8. The second-order valence-electron chi connectivity index (χ2n) is 4.67. The lowest BCUT2D eigenvalue weighted by atomic mass is 10.1. The third-order valence-electron chi connectivity index (χ3n) is 3.28. The highest BCUT2D eigenvalue weighted by Crippen LogP contribution is 2.19. The van der Waals surface area contributed by atoms with Crippen LogP contribution in [0.4, 0.5) is 5.69 Å². The van der Waals surface area contributed by atoms with Gasteiger partial charge in [0.05, 0.1) is 13.0 Å². The van der Waals surface area contributed by atoms with E-state index in [0.29, 0.717) is 31.7 Å². The molecule has 1 heterocycles. The van der Waals surface area contributed by atoms with Gasteiger partial charge in [-0.1, -0.05) is 12.1 Å². The van der Waals surface area contributed by atoms with Crippen molar-refractivity contribution in [3.05, 3.63) is 29.8 Å². The van der Waals surface area contributed by atoms with Gasteiger partial charge in [0, 0.05) is 31.6 Å². The highest BCUT2D eigenvalue weighted by molar-refractivity contribution is 5.81. The number of piperidine rings is 1. The summed E-state index contributed by atoms with van der Waals surface area (Å²) in [5.41, 5.74) is 2.07. The minimum Gasteiger partial charge on any atom is -0.466 e. The molecule has 1 aromatic carbocycles. The number of ether oxygens (including phenoxy) is 1. The topological polar surface area (TPSA) is 46.6 Å². The Morgan fingerprint density at radius 3 is 2.42 bits per heavy atom. The lowest BCUT2D eigenvalue weighted by Crippen LogP contribution is -2.33. The molecule has 0 radical (unpaired) electrons. The summed E-state index contributed by atoms with van der Waals surface area (Å²) in [6.07, 6.45) is 1.57. The van der Waals surface area contributed by atoms with Gasteiger partial charge in [-0.15, -0.1) is 0 Å². The van der Waals surface area contributed by atoms with Crippen LogP contribution in [0.5, 0.6) is 0 Å². The van der Waals surface area contributed by atoms with Gasteiger partial charge in [0.2, 0.25) is 0 Å². The first-order valence-corrected chi connectivity index (χ1v) is 6.70. The molecule has 0 unspecified atom stereocenters. The van der Waals surface area contributed by atoms with Crippen LogP contribution in [0.25, 0.3) is 0 Å². The normalized spacial score (nSPS) is 15.4. The first kappa shape index (κ1) is 13.6. The van der Waals surface area contributed by atoms with Gasteiger partial charge in [-0.3, -0.25) is 9.59 Å². The number of nitrogens with zero attached hydrogens (tertiary/aromatic N) is 1. The molecule has 0 spiro atoms. The Kier molecular flexibility index (Phi) is 4.55. The molecule has 1 aromatic rings. The predicted octanol–water partition coefficient (Wildman–Crippen LogP) is 1.96. The van der Waals surface area contributed by atoms with Crippen LogP contribution in [0.1, 0.15) is 25.3 Å². The summed E-state index contributed by atoms with van der Waals surface area (Å²) >= 11 is 0. The number of rotatable bonds is 4. The molecular formula is C15H19NO3. The Labute approximate surface area is 113 Å². The number of hydrogen-bond acceptors (Lipinski definition) is 4. The fourth-order valence-corrected chi connectivity index (χ4v) is 2.22. The van der Waals surface area contributed by atoms with Crippen LogP contribution in [0.2, 0.25) is 0 Å². The molecular weight excluding hydrogens is 242 g/mol. The van der Waals surface area contributed by atoms with Crippen LogP contribution in [0.15, 0.2) is 24.3 Å². The van der Waals surface area contributed by atoms with Crippen LogP contribution in [0, 0.1) is 0 Å². The van der Waals surface area contributed by atoms with Crippen molar-refractivity contribution in [2.24, 2.45) is 0 Å². The maximum atomic E-state index is 11.4. The molecule has 1 aliphatic rings. The quantitative estimate of drug-likeness (QED) is 0.777. The van der Waals surface area contributed by atoms with E-state index in [1.54, 1.807) is 6.92 Å². The van der Waals surface area contributed by atoms with Crippen molar-refractivity contribution in [1.82, 2.24) is 0 Å². The van der Waals surface area contributed by atoms with Gasteiger partial charge >= 0.3 is 5.97 Å². The van der Waals surface area contributed by atoms with E-state index in [1.165, 1.54) is 0 Å². The molecule has 19 heavy (non-hydrogen) atoms. The molecule has 1 saturated heterocycles. The largest absolute Gasteiger partial charge is 0.466 e. The van der Waals surface area contributed by atoms with Crippen molar-refractivity contribution < 1.29 is 14.3 Å². The van der Waals surface area contributed by atoms with Gasteiger partial charge in [0.1, 0.15) is 5.78 Å². The highest BCUT2D eigenvalue weighted by atomic mass is 16.5. The Hall–Kier alpha value is -1.84. The number of ketones is 1. The second kappa shape index (κ2) is 6.36. The molecule has 4 heteroatoms. The molecule has 0 N–H and O–H groups in total. The van der Waals surface area contributed by atoms with Crippen LogP contribution in [-0.4, -0.2) is 31.4 Å². The van der Waals surface area contributed by atoms with E-state index in [0.717, 1.165) is 24.3 Å². The average molecular weight is 261 g/mol. The van der Waals surface area contributed by atoms with Gasteiger partial charge in [0.15, 0.2) is 0 Å². The minimum atomic E-state index is -0.196. The zero-order valence-corrected chi connectivity index (χ0v) is 11.2. The van der Waals surface area contributed by atoms with Crippen molar-refractivity contribution in [3.8, 4) is 0 Å². The molecule has 1 aliphatic heterocycles. The fourth-order valence-electron chi connectivity index (χ4n) is 2.22. The summed E-state index contributed by atoms with van der Waals surface area (Å²) in [7, 11) is 0. The molecule has 4 nitrogen and oxygen atoms in total. The Morgan fingerprint density at radius 1 is 1.21 bits per heavy atom. The Bertz CT molecular complexity index is 443. The number of carbonyl (C=O) groups is 2. The van der Waals surface area contributed by atoms with Crippen LogP contribution in [0.3, 0.4) is 0 Å². The number of hydrogen-bond donors (Lipinski definition) is 0. The van der Waals surface area contributed by atoms with E-state index in [2.05, 4.69) is 4.90 Å². The SMILES string of the molecule is CCOC(=O)Cc1ccc(N2CCC(=O)CC2)cc1. The standard InChI is InChI=1S/C15H19NO3/c1-2-19-15(18)11-12-3-5-13(6-4-12)16-9-7-14(17)8-10-16/h3-6H,2,7-11H2,1H3. The second-order valence-corrected chi connectivity index (χ2v) is 4.67. The number of Topliss-reactive ketones (excluding diaryl/α,β-unsaturated/α-hetero) is 1. The lowest BCUT2D eigenvalue weighted by molar-refractivity contribution is -0.142. The molecule has 0 aliphatic carbocycles. The minimum absolute atomic E-state index is 0.196. The van der Waals surface area contributed by atoms with Gasteiger partial charge in [0.25, 0.3) is 0 Å². The van der Waals surface area contributed by atoms with Gasteiger partial charge in [-0.05, 0) is 24.6 Å². The highest BCUT2D eigenvalue weighted by Gasteiger charge is 2.16. The fraction of sp³-hybridized carbons (Fsp3) is 0.467. The van der Waals surface area contributed by atoms with Crippen molar-refractivity contribution in [1.29, 1.82) is 0 Å².